The van der Waals surface area contributed by atoms with Crippen molar-refractivity contribution >= 4 is 17.5 Å². The van der Waals surface area contributed by atoms with E-state index in [1.54, 1.807) is 24.3 Å². The molecule has 0 atom stereocenters. The summed E-state index contributed by atoms with van der Waals surface area (Å²) in [5.41, 5.74) is 0.515. The molecule has 0 unspecified atom stereocenters. The minimum absolute atomic E-state index is 0.136. The molecule has 17 heavy (non-hydrogen) atoms. The van der Waals surface area contributed by atoms with Gasteiger partial charge in [0.25, 0.3) is 5.91 Å². The molecule has 0 aliphatic heterocycles. The summed E-state index contributed by atoms with van der Waals surface area (Å²) in [6, 6.07) is 10.9. The summed E-state index contributed by atoms with van der Waals surface area (Å²) in [6.07, 6.45) is 3.92. The van der Waals surface area contributed by atoms with E-state index in [1.807, 2.05) is 29.1 Å². The van der Waals surface area contributed by atoms with Crippen LogP contribution in [-0.4, -0.2) is 17.0 Å². The Morgan fingerprint density at radius 1 is 1.18 bits per heavy atom. The van der Waals surface area contributed by atoms with Gasteiger partial charge in [-0.2, -0.15) is 0 Å². The molecule has 1 heterocycles. The fourth-order valence-electron chi connectivity index (χ4n) is 1.56. The zero-order chi connectivity index (χ0) is 12.1. The molecule has 0 saturated heterocycles. The first-order valence-electron chi connectivity index (χ1n) is 5.41. The van der Waals surface area contributed by atoms with E-state index in [2.05, 4.69) is 5.32 Å². The van der Waals surface area contributed by atoms with E-state index in [0.29, 0.717) is 17.1 Å². The second-order valence-corrected chi connectivity index (χ2v) is 4.06. The smallest absolute Gasteiger partial charge is 0.252 e. The van der Waals surface area contributed by atoms with E-state index in [0.717, 1.165) is 6.54 Å². The molecule has 1 N–H and O–H groups in total. The lowest BCUT2D eigenvalue weighted by atomic mass is 10.2. The molecule has 4 heteroatoms. The van der Waals surface area contributed by atoms with Gasteiger partial charge in [-0.3, -0.25) is 4.79 Å². The van der Waals surface area contributed by atoms with Gasteiger partial charge in [0.2, 0.25) is 0 Å². The highest BCUT2D eigenvalue weighted by atomic mass is 35.5. The topological polar surface area (TPSA) is 34.0 Å². The Balaban J connectivity index is 1.88. The Bertz CT molecular complexity index is 494. The molecule has 88 valence electrons. The van der Waals surface area contributed by atoms with Crippen molar-refractivity contribution in [3.8, 4) is 0 Å². The van der Waals surface area contributed by atoms with Crippen molar-refractivity contribution in [1.82, 2.24) is 9.88 Å². The van der Waals surface area contributed by atoms with E-state index < -0.39 is 0 Å². The molecule has 0 aliphatic carbocycles. The highest BCUT2D eigenvalue weighted by Crippen LogP contribution is 2.14. The number of benzene rings is 1. The van der Waals surface area contributed by atoms with Gasteiger partial charge in [-0.15, -0.1) is 0 Å². The highest BCUT2D eigenvalue weighted by molar-refractivity contribution is 6.33. The molecule has 0 bridgehead atoms. The fourth-order valence-corrected chi connectivity index (χ4v) is 1.78. The van der Waals surface area contributed by atoms with E-state index in [9.17, 15) is 4.79 Å². The number of aromatic nitrogens is 1. The van der Waals surface area contributed by atoms with Gasteiger partial charge < -0.3 is 9.88 Å². The van der Waals surface area contributed by atoms with Gasteiger partial charge >= 0.3 is 0 Å². The first kappa shape index (κ1) is 11.7. The van der Waals surface area contributed by atoms with Crippen LogP contribution in [0.4, 0.5) is 0 Å². The quantitative estimate of drug-likeness (QED) is 0.887. The van der Waals surface area contributed by atoms with Gasteiger partial charge in [0.05, 0.1) is 10.6 Å². The Kier molecular flexibility index (Phi) is 3.83. The van der Waals surface area contributed by atoms with E-state index in [-0.39, 0.29) is 5.91 Å². The van der Waals surface area contributed by atoms with Crippen molar-refractivity contribution < 1.29 is 4.79 Å². The molecule has 0 saturated carbocycles. The highest BCUT2D eigenvalue weighted by Gasteiger charge is 2.07. The molecular weight excluding hydrogens is 236 g/mol. The van der Waals surface area contributed by atoms with Crippen molar-refractivity contribution in [3.05, 3.63) is 59.4 Å². The van der Waals surface area contributed by atoms with Crippen molar-refractivity contribution in [2.45, 2.75) is 6.54 Å². The summed E-state index contributed by atoms with van der Waals surface area (Å²) in [4.78, 5) is 11.8. The van der Waals surface area contributed by atoms with E-state index in [1.165, 1.54) is 0 Å². The zero-order valence-corrected chi connectivity index (χ0v) is 10.0. The number of halogens is 1. The maximum Gasteiger partial charge on any atom is 0.252 e. The molecule has 2 rings (SSSR count). The molecule has 0 fully saturated rings. The number of nitrogens with zero attached hydrogens (tertiary/aromatic N) is 1. The number of rotatable bonds is 4. The molecule has 2 aromatic rings. The van der Waals surface area contributed by atoms with Crippen molar-refractivity contribution in [3.63, 3.8) is 0 Å². The Hall–Kier alpha value is -1.74. The Morgan fingerprint density at radius 2 is 1.88 bits per heavy atom. The largest absolute Gasteiger partial charge is 0.353 e. The van der Waals surface area contributed by atoms with E-state index >= 15 is 0 Å². The molecule has 0 aliphatic rings. The van der Waals surface area contributed by atoms with Crippen LogP contribution in [0.15, 0.2) is 48.8 Å². The van der Waals surface area contributed by atoms with Gasteiger partial charge in [0.1, 0.15) is 0 Å². The van der Waals surface area contributed by atoms with Gasteiger partial charge in [-0.1, -0.05) is 23.7 Å². The van der Waals surface area contributed by atoms with Crippen LogP contribution >= 0.6 is 11.6 Å². The number of hydrogen-bond donors (Lipinski definition) is 1. The summed E-state index contributed by atoms with van der Waals surface area (Å²) < 4.78 is 2.01. The molecule has 1 aromatic heterocycles. The van der Waals surface area contributed by atoms with Crippen molar-refractivity contribution in [2.24, 2.45) is 0 Å². The SMILES string of the molecule is O=C(NCCn1cccc1)c1ccccc1Cl. The zero-order valence-electron chi connectivity index (χ0n) is 9.27. The van der Waals surface area contributed by atoms with Gasteiger partial charge in [-0.25, -0.2) is 0 Å². The molecule has 3 nitrogen and oxygen atoms in total. The first-order valence-corrected chi connectivity index (χ1v) is 5.78. The summed E-state index contributed by atoms with van der Waals surface area (Å²) in [7, 11) is 0. The summed E-state index contributed by atoms with van der Waals surface area (Å²) in [5.74, 6) is -0.136. The maximum absolute atomic E-state index is 11.8. The van der Waals surface area contributed by atoms with Gasteiger partial charge in [0, 0.05) is 25.5 Å². The second kappa shape index (κ2) is 5.55. The molecule has 1 amide bonds. The van der Waals surface area contributed by atoms with Crippen LogP contribution in [0.25, 0.3) is 0 Å². The lowest BCUT2D eigenvalue weighted by molar-refractivity contribution is 0.0952. The minimum atomic E-state index is -0.136. The van der Waals surface area contributed by atoms with Crippen LogP contribution in [0.3, 0.4) is 0 Å². The predicted octanol–water partition coefficient (Wildman–Crippen LogP) is 2.57. The van der Waals surface area contributed by atoms with Crippen LogP contribution in [0, 0.1) is 0 Å². The monoisotopic (exact) mass is 248 g/mol. The summed E-state index contributed by atoms with van der Waals surface area (Å²) in [6.45, 7) is 1.34. The number of carbonyl (C=O) groups is 1. The summed E-state index contributed by atoms with van der Waals surface area (Å²) in [5, 5.41) is 3.31. The number of nitrogens with one attached hydrogen (secondary N) is 1. The molecular formula is C13H13ClN2O. The Morgan fingerprint density at radius 3 is 2.59 bits per heavy atom. The van der Waals surface area contributed by atoms with E-state index in [4.69, 9.17) is 11.6 Å². The fraction of sp³-hybridized carbons (Fsp3) is 0.154. The predicted molar refractivity (Wildman–Crippen MR) is 68.2 cm³/mol. The average Bonchev–Trinajstić information content (AvgIpc) is 2.82. The van der Waals surface area contributed by atoms with Gasteiger partial charge in [0.15, 0.2) is 0 Å². The average molecular weight is 249 g/mol. The lowest BCUT2D eigenvalue weighted by Crippen LogP contribution is -2.27. The number of amides is 1. The minimum Gasteiger partial charge on any atom is -0.353 e. The maximum atomic E-state index is 11.8. The molecule has 0 radical (unpaired) electrons. The first-order chi connectivity index (χ1) is 8.27. The van der Waals surface area contributed by atoms with Gasteiger partial charge in [-0.05, 0) is 24.3 Å². The van der Waals surface area contributed by atoms with Crippen LogP contribution < -0.4 is 5.32 Å². The van der Waals surface area contributed by atoms with Crippen LogP contribution in [0.1, 0.15) is 10.4 Å². The molecule has 0 spiro atoms. The molecule has 1 aromatic carbocycles. The third kappa shape index (κ3) is 3.11. The second-order valence-electron chi connectivity index (χ2n) is 3.66. The van der Waals surface area contributed by atoms with Crippen molar-refractivity contribution in [2.75, 3.05) is 6.54 Å². The van der Waals surface area contributed by atoms with Crippen LogP contribution in [-0.2, 0) is 6.54 Å². The van der Waals surface area contributed by atoms with Crippen LogP contribution in [0.5, 0.6) is 0 Å². The third-order valence-electron chi connectivity index (χ3n) is 2.44. The number of hydrogen-bond acceptors (Lipinski definition) is 1. The third-order valence-corrected chi connectivity index (χ3v) is 2.77. The standard InChI is InChI=1S/C13H13ClN2O/c14-12-6-2-1-5-11(12)13(17)15-7-10-16-8-3-4-9-16/h1-6,8-9H,7,10H2,(H,15,17). The summed E-state index contributed by atoms with van der Waals surface area (Å²) >= 11 is 5.93. The van der Waals surface area contributed by atoms with Crippen LogP contribution in [0.2, 0.25) is 5.02 Å². The van der Waals surface area contributed by atoms with Crippen molar-refractivity contribution in [1.29, 1.82) is 0 Å². The lowest BCUT2D eigenvalue weighted by Gasteiger charge is -2.07. The number of carbonyl (C=O) groups excluding carboxylic acids is 1. The Labute approximate surface area is 105 Å². The normalized spacial score (nSPS) is 10.2.